The summed E-state index contributed by atoms with van der Waals surface area (Å²) >= 11 is 1.63. The monoisotopic (exact) mass is 143 g/mol. The summed E-state index contributed by atoms with van der Waals surface area (Å²) in [5.41, 5.74) is 2.18. The van der Waals surface area contributed by atoms with Crippen molar-refractivity contribution in [3.8, 4) is 0 Å². The van der Waals surface area contributed by atoms with Crippen LogP contribution in [0.5, 0.6) is 0 Å². The van der Waals surface area contributed by atoms with Gasteiger partial charge in [0.1, 0.15) is 0 Å². The third kappa shape index (κ3) is 1.51. The molecule has 0 fully saturated rings. The second-order valence-electron chi connectivity index (χ2n) is 1.87. The van der Waals surface area contributed by atoms with Crippen LogP contribution in [0.1, 0.15) is 17.8 Å². The molecule has 3 heteroatoms. The summed E-state index contributed by atoms with van der Waals surface area (Å²) in [4.78, 5) is 1.15. The van der Waals surface area contributed by atoms with Gasteiger partial charge in [0.25, 0.3) is 0 Å². The third-order valence-corrected chi connectivity index (χ3v) is 2.22. The van der Waals surface area contributed by atoms with E-state index in [-0.39, 0.29) is 6.04 Å². The fourth-order valence-electron chi connectivity index (χ4n) is 0.601. The average Bonchev–Trinajstić information content (AvgIpc) is 2.37. The summed E-state index contributed by atoms with van der Waals surface area (Å²) in [6, 6.07) is 4.01. The van der Waals surface area contributed by atoms with Crippen molar-refractivity contribution in [3.05, 3.63) is 22.4 Å². The van der Waals surface area contributed by atoms with Crippen LogP contribution in [-0.4, -0.2) is 5.21 Å². The summed E-state index contributed by atoms with van der Waals surface area (Å²) in [5.74, 6) is 0. The van der Waals surface area contributed by atoms with E-state index in [1.54, 1.807) is 11.3 Å². The van der Waals surface area contributed by atoms with Crippen molar-refractivity contribution in [2.45, 2.75) is 13.0 Å². The van der Waals surface area contributed by atoms with E-state index in [2.05, 4.69) is 5.48 Å². The fourth-order valence-corrected chi connectivity index (χ4v) is 1.33. The van der Waals surface area contributed by atoms with Gasteiger partial charge >= 0.3 is 0 Å². The zero-order chi connectivity index (χ0) is 6.69. The molecule has 0 bridgehead atoms. The second-order valence-corrected chi connectivity index (χ2v) is 2.85. The van der Waals surface area contributed by atoms with Crippen LogP contribution in [-0.2, 0) is 0 Å². The normalized spacial score (nSPS) is 13.6. The van der Waals surface area contributed by atoms with E-state index in [0.717, 1.165) is 4.88 Å². The highest BCUT2D eigenvalue weighted by molar-refractivity contribution is 7.10. The fraction of sp³-hybridized carbons (Fsp3) is 0.333. The molecule has 1 aromatic heterocycles. The first-order chi connectivity index (χ1) is 4.34. The van der Waals surface area contributed by atoms with Crippen molar-refractivity contribution in [3.63, 3.8) is 0 Å². The number of hydrogen-bond donors (Lipinski definition) is 2. The highest BCUT2D eigenvalue weighted by Gasteiger charge is 2.01. The Morgan fingerprint density at radius 3 is 3.00 bits per heavy atom. The van der Waals surface area contributed by atoms with Gasteiger partial charge < -0.3 is 5.21 Å². The Morgan fingerprint density at radius 1 is 1.78 bits per heavy atom. The van der Waals surface area contributed by atoms with Crippen LogP contribution in [0, 0.1) is 0 Å². The first kappa shape index (κ1) is 6.74. The Bertz CT molecular complexity index is 162. The molecule has 9 heavy (non-hydrogen) atoms. The highest BCUT2D eigenvalue weighted by Crippen LogP contribution is 2.16. The second kappa shape index (κ2) is 2.96. The van der Waals surface area contributed by atoms with Gasteiger partial charge in [0, 0.05) is 4.88 Å². The van der Waals surface area contributed by atoms with E-state index in [0.29, 0.717) is 0 Å². The molecule has 0 saturated heterocycles. The van der Waals surface area contributed by atoms with Crippen molar-refractivity contribution in [1.29, 1.82) is 0 Å². The Hall–Kier alpha value is -0.380. The number of thiophene rings is 1. The van der Waals surface area contributed by atoms with Crippen LogP contribution in [0.4, 0.5) is 0 Å². The molecule has 0 spiro atoms. The molecule has 1 heterocycles. The van der Waals surface area contributed by atoms with Crippen LogP contribution in [0.15, 0.2) is 17.5 Å². The number of rotatable bonds is 2. The van der Waals surface area contributed by atoms with Crippen molar-refractivity contribution in [2.75, 3.05) is 0 Å². The summed E-state index contributed by atoms with van der Waals surface area (Å²) in [6.07, 6.45) is 0. The van der Waals surface area contributed by atoms with Gasteiger partial charge in [-0.2, -0.15) is 5.48 Å². The summed E-state index contributed by atoms with van der Waals surface area (Å²) in [5, 5.41) is 10.5. The Balaban J connectivity index is 2.65. The molecule has 0 radical (unpaired) electrons. The maximum absolute atomic E-state index is 8.46. The molecule has 0 aliphatic carbocycles. The van der Waals surface area contributed by atoms with Crippen molar-refractivity contribution >= 4 is 11.3 Å². The molecule has 0 amide bonds. The third-order valence-electron chi connectivity index (χ3n) is 1.16. The molecule has 0 aromatic carbocycles. The van der Waals surface area contributed by atoms with Crippen molar-refractivity contribution < 1.29 is 5.21 Å². The molecule has 1 atom stereocenters. The molecule has 50 valence electrons. The first-order valence-corrected chi connectivity index (χ1v) is 3.65. The molecular formula is C6H9NOS. The van der Waals surface area contributed by atoms with Gasteiger partial charge in [0.05, 0.1) is 6.04 Å². The minimum Gasteiger partial charge on any atom is -0.316 e. The molecule has 1 rings (SSSR count). The lowest BCUT2D eigenvalue weighted by atomic mass is 10.3. The standard InChI is InChI=1S/C6H9NOS/c1-5(7-8)6-3-2-4-9-6/h2-5,7-8H,1H3/t5-/m1/s1. The van der Waals surface area contributed by atoms with E-state index in [4.69, 9.17) is 5.21 Å². The zero-order valence-corrected chi connectivity index (χ0v) is 5.98. The number of nitrogens with one attached hydrogen (secondary N) is 1. The molecule has 0 unspecified atom stereocenters. The summed E-state index contributed by atoms with van der Waals surface area (Å²) in [7, 11) is 0. The quantitative estimate of drug-likeness (QED) is 0.618. The predicted octanol–water partition coefficient (Wildman–Crippen LogP) is 1.79. The van der Waals surface area contributed by atoms with Gasteiger partial charge in [-0.25, -0.2) is 0 Å². The minimum atomic E-state index is 0.0602. The molecule has 2 N–H and O–H groups in total. The highest BCUT2D eigenvalue weighted by atomic mass is 32.1. The van der Waals surface area contributed by atoms with Crippen LogP contribution in [0.3, 0.4) is 0 Å². The predicted molar refractivity (Wildman–Crippen MR) is 37.7 cm³/mol. The largest absolute Gasteiger partial charge is 0.316 e. The lowest BCUT2D eigenvalue weighted by Gasteiger charge is -2.03. The smallest absolute Gasteiger partial charge is 0.0633 e. The van der Waals surface area contributed by atoms with Gasteiger partial charge in [-0.3, -0.25) is 0 Å². The van der Waals surface area contributed by atoms with Crippen molar-refractivity contribution in [1.82, 2.24) is 5.48 Å². The summed E-state index contributed by atoms with van der Waals surface area (Å²) in [6.45, 7) is 1.91. The average molecular weight is 143 g/mol. The molecule has 0 saturated carbocycles. The van der Waals surface area contributed by atoms with Gasteiger partial charge in [0.15, 0.2) is 0 Å². The zero-order valence-electron chi connectivity index (χ0n) is 5.16. The van der Waals surface area contributed by atoms with Gasteiger partial charge in [-0.15, -0.1) is 11.3 Å². The summed E-state index contributed by atoms with van der Waals surface area (Å²) < 4.78 is 0. The number of hydrogen-bond acceptors (Lipinski definition) is 3. The molecular weight excluding hydrogens is 134 g/mol. The lowest BCUT2D eigenvalue weighted by molar-refractivity contribution is 0.135. The van der Waals surface area contributed by atoms with Crippen LogP contribution < -0.4 is 5.48 Å². The van der Waals surface area contributed by atoms with Gasteiger partial charge in [-0.05, 0) is 18.4 Å². The lowest BCUT2D eigenvalue weighted by Crippen LogP contribution is -2.11. The number of hydroxylamine groups is 1. The molecule has 0 aliphatic rings. The van der Waals surface area contributed by atoms with Gasteiger partial charge in [-0.1, -0.05) is 6.07 Å². The van der Waals surface area contributed by atoms with E-state index >= 15 is 0 Å². The van der Waals surface area contributed by atoms with Gasteiger partial charge in [0.2, 0.25) is 0 Å². The minimum absolute atomic E-state index is 0.0602. The first-order valence-electron chi connectivity index (χ1n) is 2.77. The molecule has 2 nitrogen and oxygen atoms in total. The van der Waals surface area contributed by atoms with E-state index in [1.165, 1.54) is 0 Å². The Kier molecular flexibility index (Phi) is 2.22. The molecule has 1 aromatic rings. The Morgan fingerprint density at radius 2 is 2.56 bits per heavy atom. The molecule has 0 aliphatic heterocycles. The van der Waals surface area contributed by atoms with Crippen LogP contribution >= 0.6 is 11.3 Å². The Labute approximate surface area is 58.1 Å². The van der Waals surface area contributed by atoms with E-state index in [1.807, 2.05) is 24.4 Å². The van der Waals surface area contributed by atoms with E-state index < -0.39 is 0 Å². The van der Waals surface area contributed by atoms with Crippen molar-refractivity contribution in [2.24, 2.45) is 0 Å². The maximum Gasteiger partial charge on any atom is 0.0633 e. The van der Waals surface area contributed by atoms with E-state index in [9.17, 15) is 0 Å². The maximum atomic E-state index is 8.46. The topological polar surface area (TPSA) is 32.3 Å². The van der Waals surface area contributed by atoms with Crippen LogP contribution in [0.2, 0.25) is 0 Å². The van der Waals surface area contributed by atoms with Crippen LogP contribution in [0.25, 0.3) is 0 Å². The SMILES string of the molecule is C[C@@H](NO)c1cccs1.